The van der Waals surface area contributed by atoms with Gasteiger partial charge in [0, 0.05) is 43.0 Å². The van der Waals surface area contributed by atoms with Gasteiger partial charge in [0.15, 0.2) is 0 Å². The molecule has 3 heterocycles. The molecule has 2 saturated heterocycles. The van der Waals surface area contributed by atoms with Crippen molar-refractivity contribution in [2.24, 2.45) is 11.8 Å². The lowest BCUT2D eigenvalue weighted by molar-refractivity contribution is -0.122. The zero-order chi connectivity index (χ0) is 20.2. The molecule has 1 aromatic heterocycles. The molecular weight excluding hydrogens is 370 g/mol. The Balaban J connectivity index is 1.29. The molecule has 152 valence electrons. The maximum Gasteiger partial charge on any atom is 0.224 e. The molecule has 1 amide bonds. The summed E-state index contributed by atoms with van der Waals surface area (Å²) in [7, 11) is 0. The van der Waals surface area contributed by atoms with E-state index in [9.17, 15) is 4.79 Å². The highest BCUT2D eigenvalue weighted by Crippen LogP contribution is 2.32. The fourth-order valence-electron chi connectivity index (χ4n) is 5.66. The highest BCUT2D eigenvalue weighted by Gasteiger charge is 2.41. The van der Waals surface area contributed by atoms with Crippen LogP contribution in [-0.4, -0.2) is 35.4 Å². The minimum Gasteiger partial charge on any atom is -0.355 e. The van der Waals surface area contributed by atoms with E-state index in [0.717, 1.165) is 37.4 Å². The zero-order valence-electron chi connectivity index (χ0n) is 17.4. The van der Waals surface area contributed by atoms with Gasteiger partial charge in [-0.3, -0.25) is 9.69 Å². The fraction of sp³-hybridized carbons (Fsp3) is 0.385. The minimum absolute atomic E-state index is 0.180. The quantitative estimate of drug-likeness (QED) is 0.730. The number of rotatable bonds is 3. The molecule has 0 unspecified atom stereocenters. The Morgan fingerprint density at radius 3 is 2.83 bits per heavy atom. The molecule has 4 nitrogen and oxygen atoms in total. The summed E-state index contributed by atoms with van der Waals surface area (Å²) >= 11 is 0. The molecule has 30 heavy (non-hydrogen) atoms. The summed E-state index contributed by atoms with van der Waals surface area (Å²) in [5, 5.41) is 4.29. The third-order valence-corrected chi connectivity index (χ3v) is 7.25. The van der Waals surface area contributed by atoms with Gasteiger partial charge in [-0.25, -0.2) is 4.98 Å². The van der Waals surface area contributed by atoms with E-state index in [0.29, 0.717) is 5.92 Å². The molecule has 0 bridgehead atoms. The number of nitrogens with zero attached hydrogens (tertiary/aromatic N) is 2. The van der Waals surface area contributed by atoms with Crippen LogP contribution in [0.1, 0.15) is 28.7 Å². The van der Waals surface area contributed by atoms with Gasteiger partial charge in [0.25, 0.3) is 0 Å². The molecule has 2 atom stereocenters. The van der Waals surface area contributed by atoms with Crippen LogP contribution >= 0.6 is 0 Å². The maximum absolute atomic E-state index is 12.0. The molecule has 0 saturated carbocycles. The number of amides is 1. The monoisotopic (exact) mass is 397 g/mol. The molecule has 3 aromatic rings. The van der Waals surface area contributed by atoms with Crippen LogP contribution in [0.5, 0.6) is 0 Å². The van der Waals surface area contributed by atoms with Crippen molar-refractivity contribution in [1.82, 2.24) is 15.2 Å². The summed E-state index contributed by atoms with van der Waals surface area (Å²) in [6.45, 7) is 5.82. The van der Waals surface area contributed by atoms with Crippen molar-refractivity contribution in [3.8, 4) is 11.3 Å². The van der Waals surface area contributed by atoms with Crippen molar-refractivity contribution in [2.75, 3.05) is 19.6 Å². The van der Waals surface area contributed by atoms with Crippen LogP contribution in [0, 0.1) is 18.8 Å². The smallest absolute Gasteiger partial charge is 0.224 e. The molecule has 3 aliphatic rings. The second-order valence-corrected chi connectivity index (χ2v) is 9.32. The summed E-state index contributed by atoms with van der Waals surface area (Å²) in [6, 6.07) is 15.7. The number of fused-ring (bicyclic) bond motifs is 3. The molecule has 1 N–H and O–H groups in total. The third-order valence-electron chi connectivity index (χ3n) is 7.25. The van der Waals surface area contributed by atoms with E-state index in [-0.39, 0.29) is 11.8 Å². The van der Waals surface area contributed by atoms with Gasteiger partial charge in [-0.1, -0.05) is 18.2 Å². The summed E-state index contributed by atoms with van der Waals surface area (Å²) in [4.78, 5) is 19.4. The number of likely N-dealkylation sites (tertiary alicyclic amines) is 1. The normalized spacial score (nSPS) is 23.0. The number of aromatic nitrogens is 1. The van der Waals surface area contributed by atoms with E-state index in [1.807, 2.05) is 0 Å². The Morgan fingerprint density at radius 2 is 1.97 bits per heavy atom. The SMILES string of the molecule is Cc1cc(-c2cccc(CN3C[C@@H]4CNC(=O)[C@@H]4C3)c2)nc2cc3c(cc12)CCC3. The molecule has 2 fully saturated rings. The van der Waals surface area contributed by atoms with Crippen LogP contribution in [-0.2, 0) is 24.2 Å². The standard InChI is InChI=1S/C26H27N3O/c1-16-8-24(28-25-11-19-6-3-5-18(19)10-22(16)25)20-7-2-4-17(9-20)13-29-14-21-12-27-26(30)23(21)15-29/h2,4,7-11,21,23H,3,5-6,12-15H2,1H3,(H,27,30)/t21-,23+/m0/s1. The Hall–Kier alpha value is -2.72. The number of carbonyl (C=O) groups is 1. The van der Waals surface area contributed by atoms with E-state index in [2.05, 4.69) is 59.6 Å². The van der Waals surface area contributed by atoms with Crippen molar-refractivity contribution in [3.63, 3.8) is 0 Å². The minimum atomic E-state index is 0.180. The summed E-state index contributed by atoms with van der Waals surface area (Å²) in [5.41, 5.74) is 8.92. The van der Waals surface area contributed by atoms with Crippen LogP contribution < -0.4 is 5.32 Å². The van der Waals surface area contributed by atoms with Gasteiger partial charge < -0.3 is 5.32 Å². The third kappa shape index (κ3) is 3.02. The lowest BCUT2D eigenvalue weighted by Gasteiger charge is -2.17. The number of benzene rings is 2. The van der Waals surface area contributed by atoms with Gasteiger partial charge in [-0.2, -0.15) is 0 Å². The highest BCUT2D eigenvalue weighted by molar-refractivity contribution is 5.86. The lowest BCUT2D eigenvalue weighted by Crippen LogP contribution is -2.28. The van der Waals surface area contributed by atoms with E-state index in [1.54, 1.807) is 0 Å². The van der Waals surface area contributed by atoms with Crippen LogP contribution in [0.2, 0.25) is 0 Å². The van der Waals surface area contributed by atoms with Crippen LogP contribution in [0.25, 0.3) is 22.2 Å². The first-order valence-electron chi connectivity index (χ1n) is 11.2. The van der Waals surface area contributed by atoms with E-state index >= 15 is 0 Å². The van der Waals surface area contributed by atoms with Crippen molar-refractivity contribution in [2.45, 2.75) is 32.7 Å². The second-order valence-electron chi connectivity index (χ2n) is 9.32. The zero-order valence-corrected chi connectivity index (χ0v) is 17.4. The number of aryl methyl sites for hydroxylation is 3. The van der Waals surface area contributed by atoms with E-state index < -0.39 is 0 Å². The molecule has 4 heteroatoms. The molecule has 6 rings (SSSR count). The lowest BCUT2D eigenvalue weighted by atomic mass is 10.00. The number of hydrogen-bond acceptors (Lipinski definition) is 3. The summed E-state index contributed by atoms with van der Waals surface area (Å²) in [6.07, 6.45) is 3.65. The fourth-order valence-corrected chi connectivity index (χ4v) is 5.66. The van der Waals surface area contributed by atoms with E-state index in [4.69, 9.17) is 4.98 Å². The number of pyridine rings is 1. The Morgan fingerprint density at radius 1 is 1.10 bits per heavy atom. The number of hydrogen-bond donors (Lipinski definition) is 1. The van der Waals surface area contributed by atoms with Gasteiger partial charge in [0.1, 0.15) is 0 Å². The number of carbonyl (C=O) groups excluding carboxylic acids is 1. The average molecular weight is 398 g/mol. The predicted octanol–water partition coefficient (Wildman–Crippen LogP) is 3.88. The van der Waals surface area contributed by atoms with Crippen LogP contribution in [0.4, 0.5) is 0 Å². The first kappa shape index (κ1) is 18.1. The van der Waals surface area contributed by atoms with E-state index in [1.165, 1.54) is 52.5 Å². The molecule has 0 radical (unpaired) electrons. The van der Waals surface area contributed by atoms with Crippen molar-refractivity contribution < 1.29 is 4.79 Å². The average Bonchev–Trinajstić information content (AvgIpc) is 3.44. The molecule has 2 aliphatic heterocycles. The Bertz CT molecular complexity index is 1170. The van der Waals surface area contributed by atoms with Gasteiger partial charge in [-0.15, -0.1) is 0 Å². The van der Waals surface area contributed by atoms with Crippen LogP contribution in [0.3, 0.4) is 0 Å². The van der Waals surface area contributed by atoms with Gasteiger partial charge in [-0.05, 0) is 72.7 Å². The van der Waals surface area contributed by atoms with Crippen molar-refractivity contribution in [1.29, 1.82) is 0 Å². The van der Waals surface area contributed by atoms with Crippen molar-refractivity contribution >= 4 is 16.8 Å². The first-order valence-corrected chi connectivity index (χ1v) is 11.2. The largest absolute Gasteiger partial charge is 0.355 e. The molecule has 0 spiro atoms. The Labute approximate surface area is 177 Å². The van der Waals surface area contributed by atoms with Crippen LogP contribution in [0.15, 0.2) is 42.5 Å². The van der Waals surface area contributed by atoms with Crippen molar-refractivity contribution in [3.05, 3.63) is 64.7 Å². The highest BCUT2D eigenvalue weighted by atomic mass is 16.2. The predicted molar refractivity (Wildman–Crippen MR) is 119 cm³/mol. The topological polar surface area (TPSA) is 45.2 Å². The molecular formula is C26H27N3O. The summed E-state index contributed by atoms with van der Waals surface area (Å²) < 4.78 is 0. The first-order chi connectivity index (χ1) is 14.6. The maximum atomic E-state index is 12.0. The second kappa shape index (κ2) is 6.92. The molecule has 2 aromatic carbocycles. The molecule has 1 aliphatic carbocycles. The van der Waals surface area contributed by atoms with Gasteiger partial charge in [0.2, 0.25) is 5.91 Å². The van der Waals surface area contributed by atoms with Gasteiger partial charge >= 0.3 is 0 Å². The summed E-state index contributed by atoms with van der Waals surface area (Å²) in [5.74, 6) is 0.894. The number of nitrogens with one attached hydrogen (secondary N) is 1. The van der Waals surface area contributed by atoms with Gasteiger partial charge in [0.05, 0.1) is 17.1 Å². The Kier molecular flexibility index (Phi) is 4.17.